The lowest BCUT2D eigenvalue weighted by Gasteiger charge is -2.15. The number of pyridine rings is 1. The van der Waals surface area contributed by atoms with Crippen molar-refractivity contribution < 1.29 is 14.4 Å². The monoisotopic (exact) mass is 395 g/mol. The number of aromatic nitrogens is 2. The van der Waals surface area contributed by atoms with Gasteiger partial charge in [-0.2, -0.15) is 0 Å². The smallest absolute Gasteiger partial charge is 0.190 e. The minimum Gasteiger partial charge on any atom is -0.361 e. The number of fused-ring (bicyclic) bond motifs is 1. The number of carbonyl (C=O) groups excluding carboxylic acids is 1. The molecule has 2 aromatic rings. The Kier molecular flexibility index (Phi) is 6.99. The second-order valence-corrected chi connectivity index (χ2v) is 13.3. The second-order valence-electron chi connectivity index (χ2n) is 7.27. The Morgan fingerprint density at radius 2 is 2.15 bits per heavy atom. The van der Waals surface area contributed by atoms with Gasteiger partial charge in [-0.3, -0.25) is 14.7 Å². The molecule has 2 heterocycles. The molecule has 0 atom stereocenters. The van der Waals surface area contributed by atoms with Crippen LogP contribution in [-0.4, -0.2) is 49.2 Å². The van der Waals surface area contributed by atoms with Crippen molar-refractivity contribution in [2.75, 3.05) is 20.8 Å². The Morgan fingerprint density at radius 1 is 1.42 bits per heavy atom. The van der Waals surface area contributed by atoms with E-state index in [0.717, 1.165) is 18.0 Å². The Morgan fingerprint density at radius 3 is 2.81 bits per heavy atom. The topological polar surface area (TPSA) is 56.6 Å². The van der Waals surface area contributed by atoms with E-state index < -0.39 is 8.07 Å². The van der Waals surface area contributed by atoms with Crippen LogP contribution in [0.2, 0.25) is 30.7 Å². The van der Waals surface area contributed by atoms with E-state index in [1.165, 1.54) is 30.6 Å². The second kappa shape index (κ2) is 8.81. The number of rotatable bonds is 9. The van der Waals surface area contributed by atoms with Crippen LogP contribution >= 0.6 is 11.6 Å². The lowest BCUT2D eigenvalue weighted by Crippen LogP contribution is -2.22. The van der Waals surface area contributed by atoms with Crippen molar-refractivity contribution in [3.8, 4) is 0 Å². The number of hydrogen-bond donors (Lipinski definition) is 0. The van der Waals surface area contributed by atoms with Crippen molar-refractivity contribution in [1.82, 2.24) is 14.6 Å². The first-order valence-corrected chi connectivity index (χ1v) is 12.5. The van der Waals surface area contributed by atoms with E-state index in [2.05, 4.69) is 24.6 Å². The van der Waals surface area contributed by atoms with Gasteiger partial charge in [-0.25, -0.2) is 4.98 Å². The van der Waals surface area contributed by atoms with Crippen molar-refractivity contribution >= 4 is 36.5 Å². The van der Waals surface area contributed by atoms with Gasteiger partial charge in [0, 0.05) is 51.8 Å². The van der Waals surface area contributed by atoms with Gasteiger partial charge in [0.25, 0.3) is 0 Å². The van der Waals surface area contributed by atoms with Gasteiger partial charge in [0.15, 0.2) is 5.78 Å². The van der Waals surface area contributed by atoms with E-state index in [9.17, 15) is 4.79 Å². The van der Waals surface area contributed by atoms with Crippen molar-refractivity contribution in [3.05, 3.63) is 41.3 Å². The minimum absolute atomic E-state index is 0.229. The molecule has 0 aliphatic rings. The Bertz CT molecular complexity index is 799. The number of hydrogen-bond acceptors (Lipinski definition) is 5. The van der Waals surface area contributed by atoms with Crippen molar-refractivity contribution in [1.29, 1.82) is 0 Å². The van der Waals surface area contributed by atoms with Gasteiger partial charge < -0.3 is 9.30 Å². The molecule has 8 heteroatoms. The SMILES string of the molecule is CON(C)C=CC(=O)c1cnc2c(ccn2COCC[Si](C)(C)C)c1Cl. The molecule has 0 fully saturated rings. The molecule has 0 radical (unpaired) electrons. The zero-order valence-electron chi connectivity index (χ0n) is 16.0. The average molecular weight is 396 g/mol. The molecule has 0 amide bonds. The van der Waals surface area contributed by atoms with Crippen LogP contribution in [0, 0.1) is 0 Å². The van der Waals surface area contributed by atoms with Gasteiger partial charge in [-0.15, -0.1) is 0 Å². The summed E-state index contributed by atoms with van der Waals surface area (Å²) in [4.78, 5) is 21.7. The average Bonchev–Trinajstić information content (AvgIpc) is 2.99. The Hall–Kier alpha value is -1.67. The molecular formula is C18H26ClN3O3Si. The number of allylic oxidation sites excluding steroid dienone is 1. The van der Waals surface area contributed by atoms with Crippen LogP contribution in [0.25, 0.3) is 11.0 Å². The molecule has 142 valence electrons. The summed E-state index contributed by atoms with van der Waals surface area (Å²) >= 11 is 6.43. The Labute approximate surface area is 160 Å². The molecule has 26 heavy (non-hydrogen) atoms. The van der Waals surface area contributed by atoms with Crippen LogP contribution in [0.5, 0.6) is 0 Å². The maximum absolute atomic E-state index is 12.3. The predicted molar refractivity (Wildman–Crippen MR) is 107 cm³/mol. The molecule has 0 N–H and O–H groups in total. The number of ketones is 1. The highest BCUT2D eigenvalue weighted by molar-refractivity contribution is 6.76. The van der Waals surface area contributed by atoms with E-state index in [1.54, 1.807) is 7.05 Å². The molecule has 2 rings (SSSR count). The van der Waals surface area contributed by atoms with Crippen LogP contribution < -0.4 is 0 Å². The first-order valence-electron chi connectivity index (χ1n) is 8.43. The van der Waals surface area contributed by atoms with E-state index in [4.69, 9.17) is 21.2 Å². The van der Waals surface area contributed by atoms with E-state index in [-0.39, 0.29) is 5.78 Å². The zero-order chi connectivity index (χ0) is 19.3. The van der Waals surface area contributed by atoms with Crippen molar-refractivity contribution in [2.24, 2.45) is 0 Å². The first kappa shape index (κ1) is 20.6. The number of nitrogens with zero attached hydrogens (tertiary/aromatic N) is 3. The fourth-order valence-electron chi connectivity index (χ4n) is 2.25. The quantitative estimate of drug-likeness (QED) is 0.209. The van der Waals surface area contributed by atoms with Crippen LogP contribution in [0.1, 0.15) is 10.4 Å². The summed E-state index contributed by atoms with van der Waals surface area (Å²) in [5, 5.41) is 2.55. The van der Waals surface area contributed by atoms with E-state index in [0.29, 0.717) is 23.0 Å². The first-order chi connectivity index (χ1) is 12.2. The molecule has 0 unspecified atom stereocenters. The van der Waals surface area contributed by atoms with Crippen molar-refractivity contribution in [2.45, 2.75) is 32.4 Å². The maximum Gasteiger partial charge on any atom is 0.190 e. The third-order valence-corrected chi connectivity index (χ3v) is 6.05. The zero-order valence-corrected chi connectivity index (χ0v) is 17.7. The minimum atomic E-state index is -1.11. The molecule has 0 saturated heterocycles. The summed E-state index contributed by atoms with van der Waals surface area (Å²) in [5.41, 5.74) is 1.06. The molecule has 0 bridgehead atoms. The highest BCUT2D eigenvalue weighted by Crippen LogP contribution is 2.27. The van der Waals surface area contributed by atoms with Crippen LogP contribution in [0.4, 0.5) is 0 Å². The summed E-state index contributed by atoms with van der Waals surface area (Å²) in [6.45, 7) is 8.11. The fraction of sp³-hybridized carbons (Fsp3) is 0.444. The molecule has 0 aliphatic carbocycles. The number of carbonyl (C=O) groups is 1. The molecule has 0 aliphatic heterocycles. The van der Waals surface area contributed by atoms with E-state index in [1.807, 2.05) is 16.8 Å². The number of ether oxygens (including phenoxy) is 1. The standard InChI is InChI=1S/C18H26ClN3O3Si/c1-21(24-2)8-7-16(23)15-12-20-18-14(17(15)19)6-9-22(18)13-25-10-11-26(3,4)5/h6-9,12H,10-11,13H2,1-5H3. The van der Waals surface area contributed by atoms with Gasteiger partial charge in [-0.05, 0) is 12.1 Å². The lowest BCUT2D eigenvalue weighted by molar-refractivity contribution is -0.0645. The third kappa shape index (κ3) is 5.41. The molecule has 2 aromatic heterocycles. The van der Waals surface area contributed by atoms with Crippen LogP contribution in [0.15, 0.2) is 30.7 Å². The highest BCUT2D eigenvalue weighted by atomic mass is 35.5. The molecule has 6 nitrogen and oxygen atoms in total. The summed E-state index contributed by atoms with van der Waals surface area (Å²) < 4.78 is 7.67. The van der Waals surface area contributed by atoms with Gasteiger partial charge >= 0.3 is 0 Å². The van der Waals surface area contributed by atoms with Gasteiger partial charge in [-0.1, -0.05) is 31.2 Å². The van der Waals surface area contributed by atoms with Gasteiger partial charge in [0.2, 0.25) is 0 Å². The largest absolute Gasteiger partial charge is 0.361 e. The fourth-order valence-corrected chi connectivity index (χ4v) is 3.29. The van der Waals surface area contributed by atoms with Crippen LogP contribution in [-0.2, 0) is 16.3 Å². The predicted octanol–water partition coefficient (Wildman–Crippen LogP) is 4.19. The maximum atomic E-state index is 12.3. The highest BCUT2D eigenvalue weighted by Gasteiger charge is 2.15. The summed E-state index contributed by atoms with van der Waals surface area (Å²) in [7, 11) is 2.10. The van der Waals surface area contributed by atoms with E-state index >= 15 is 0 Å². The Balaban J connectivity index is 2.13. The lowest BCUT2D eigenvalue weighted by atomic mass is 10.1. The van der Waals surface area contributed by atoms with Gasteiger partial charge in [0.05, 0.1) is 17.7 Å². The van der Waals surface area contributed by atoms with Gasteiger partial charge in [0.1, 0.15) is 12.4 Å². The van der Waals surface area contributed by atoms with Crippen molar-refractivity contribution in [3.63, 3.8) is 0 Å². The third-order valence-electron chi connectivity index (χ3n) is 3.94. The molecular weight excluding hydrogens is 370 g/mol. The molecule has 0 saturated carbocycles. The number of hydroxylamine groups is 2. The summed E-state index contributed by atoms with van der Waals surface area (Å²) in [6.07, 6.45) is 6.30. The summed E-state index contributed by atoms with van der Waals surface area (Å²) in [6, 6.07) is 2.97. The molecule has 0 spiro atoms. The summed E-state index contributed by atoms with van der Waals surface area (Å²) in [5.74, 6) is -0.229. The number of halogens is 1. The normalized spacial score (nSPS) is 12.2. The van der Waals surface area contributed by atoms with Crippen LogP contribution in [0.3, 0.4) is 0 Å². The molecule has 0 aromatic carbocycles.